The number of fused-ring (bicyclic) bond motifs is 1. The Morgan fingerprint density at radius 1 is 1.27 bits per heavy atom. The predicted octanol–water partition coefficient (Wildman–Crippen LogP) is 4.65. The molecular formula is C21H23N5. The molecule has 0 aliphatic heterocycles. The molecule has 132 valence electrons. The highest BCUT2D eigenvalue weighted by Crippen LogP contribution is 2.30. The lowest BCUT2D eigenvalue weighted by atomic mass is 10.0. The van der Waals surface area contributed by atoms with E-state index >= 15 is 0 Å². The zero-order valence-corrected chi connectivity index (χ0v) is 15.3. The van der Waals surface area contributed by atoms with Crippen molar-refractivity contribution in [2.75, 3.05) is 5.32 Å². The Kier molecular flexibility index (Phi) is 4.34. The average Bonchev–Trinajstić information content (AvgIpc) is 3.30. The number of rotatable bonds is 4. The van der Waals surface area contributed by atoms with E-state index in [0.29, 0.717) is 18.2 Å². The van der Waals surface area contributed by atoms with Gasteiger partial charge in [0.2, 0.25) is 0 Å². The summed E-state index contributed by atoms with van der Waals surface area (Å²) in [5.74, 6) is 0. The first-order valence-electron chi connectivity index (χ1n) is 9.23. The summed E-state index contributed by atoms with van der Waals surface area (Å²) >= 11 is 0. The van der Waals surface area contributed by atoms with Gasteiger partial charge in [-0.15, -0.1) is 0 Å². The van der Waals surface area contributed by atoms with E-state index in [9.17, 15) is 5.26 Å². The first kappa shape index (κ1) is 16.6. The van der Waals surface area contributed by atoms with Gasteiger partial charge in [0, 0.05) is 17.8 Å². The van der Waals surface area contributed by atoms with E-state index in [1.807, 2.05) is 0 Å². The van der Waals surface area contributed by atoms with Crippen LogP contribution in [0.3, 0.4) is 0 Å². The van der Waals surface area contributed by atoms with E-state index < -0.39 is 0 Å². The third-order valence-corrected chi connectivity index (χ3v) is 5.24. The van der Waals surface area contributed by atoms with E-state index in [4.69, 9.17) is 5.10 Å². The van der Waals surface area contributed by atoms with Gasteiger partial charge in [0.1, 0.15) is 6.07 Å². The highest BCUT2D eigenvalue weighted by molar-refractivity contribution is 5.96. The summed E-state index contributed by atoms with van der Waals surface area (Å²) in [5.41, 5.74) is 5.64. The molecule has 0 unspecified atom stereocenters. The fourth-order valence-corrected chi connectivity index (χ4v) is 3.96. The van der Waals surface area contributed by atoms with Gasteiger partial charge < -0.3 is 5.32 Å². The lowest BCUT2D eigenvalue weighted by molar-refractivity contribution is 0.463. The average molecular weight is 345 g/mol. The molecule has 1 aliphatic carbocycles. The number of nitrogens with one attached hydrogen (secondary N) is 1. The molecule has 0 radical (unpaired) electrons. The van der Waals surface area contributed by atoms with Crippen molar-refractivity contribution in [3.8, 4) is 6.07 Å². The third kappa shape index (κ3) is 3.03. The molecule has 0 atom stereocenters. The summed E-state index contributed by atoms with van der Waals surface area (Å²) in [6.07, 6.45) is 8.78. The number of benzene rings is 1. The van der Waals surface area contributed by atoms with E-state index in [-0.39, 0.29) is 0 Å². The quantitative estimate of drug-likeness (QED) is 0.747. The van der Waals surface area contributed by atoms with Crippen molar-refractivity contribution in [3.63, 3.8) is 0 Å². The Morgan fingerprint density at radius 2 is 2.08 bits per heavy atom. The van der Waals surface area contributed by atoms with Crippen LogP contribution in [0, 0.1) is 25.2 Å². The molecule has 5 heteroatoms. The lowest BCUT2D eigenvalue weighted by Gasteiger charge is -2.13. The topological polar surface area (TPSA) is 66.5 Å². The highest BCUT2D eigenvalue weighted by atomic mass is 15.3. The van der Waals surface area contributed by atoms with Gasteiger partial charge in [0.25, 0.3) is 0 Å². The number of anilines is 1. The van der Waals surface area contributed by atoms with Crippen molar-refractivity contribution in [1.82, 2.24) is 14.8 Å². The van der Waals surface area contributed by atoms with Gasteiger partial charge in [-0.2, -0.15) is 10.4 Å². The van der Waals surface area contributed by atoms with E-state index in [1.54, 1.807) is 6.20 Å². The standard InChI is InChI=1S/C21H23N5/c1-14-9-15(2)20-19(10-14)21(16(11-22)12-23-20)24-13-17-7-8-26(25-17)18-5-3-4-6-18/h7-10,12,18H,3-6,13H2,1-2H3,(H,23,24). The molecular weight excluding hydrogens is 322 g/mol. The molecule has 2 aromatic heterocycles. The van der Waals surface area contributed by atoms with E-state index in [1.165, 1.54) is 31.2 Å². The Hall–Kier alpha value is -2.87. The first-order valence-corrected chi connectivity index (χ1v) is 9.23. The number of aryl methyl sites for hydroxylation is 2. The molecule has 0 spiro atoms. The van der Waals surface area contributed by atoms with Gasteiger partial charge in [0.05, 0.1) is 35.0 Å². The molecule has 0 bridgehead atoms. The van der Waals surface area contributed by atoms with Crippen LogP contribution in [0.15, 0.2) is 30.6 Å². The van der Waals surface area contributed by atoms with Crippen LogP contribution in [-0.4, -0.2) is 14.8 Å². The van der Waals surface area contributed by atoms with Gasteiger partial charge in [-0.05, 0) is 44.4 Å². The van der Waals surface area contributed by atoms with Crippen LogP contribution in [0.4, 0.5) is 5.69 Å². The Balaban J connectivity index is 1.63. The normalized spacial score (nSPS) is 14.7. The fourth-order valence-electron chi connectivity index (χ4n) is 3.96. The van der Waals surface area contributed by atoms with Crippen LogP contribution in [-0.2, 0) is 6.54 Å². The molecule has 3 aromatic rings. The SMILES string of the molecule is Cc1cc(C)c2ncc(C#N)c(NCc3ccn(C4CCCC4)n3)c2c1. The van der Waals surface area contributed by atoms with Gasteiger partial charge in [-0.1, -0.05) is 24.5 Å². The zero-order chi connectivity index (χ0) is 18.1. The minimum absolute atomic E-state index is 0.547. The van der Waals surface area contributed by atoms with Crippen molar-refractivity contribution >= 4 is 16.6 Å². The van der Waals surface area contributed by atoms with Crippen molar-refractivity contribution < 1.29 is 0 Å². The summed E-state index contributed by atoms with van der Waals surface area (Å²) in [5, 5.41) is 18.7. The number of aromatic nitrogens is 3. The number of nitrogens with zero attached hydrogens (tertiary/aromatic N) is 4. The molecule has 1 fully saturated rings. The molecule has 0 amide bonds. The smallest absolute Gasteiger partial charge is 0.103 e. The largest absolute Gasteiger partial charge is 0.378 e. The fraction of sp³-hybridized carbons (Fsp3) is 0.381. The summed E-state index contributed by atoms with van der Waals surface area (Å²) < 4.78 is 2.11. The zero-order valence-electron chi connectivity index (χ0n) is 15.3. The predicted molar refractivity (Wildman–Crippen MR) is 103 cm³/mol. The molecule has 4 rings (SSSR count). The number of nitriles is 1. The Bertz CT molecular complexity index is 990. The molecule has 26 heavy (non-hydrogen) atoms. The van der Waals surface area contributed by atoms with E-state index in [0.717, 1.165) is 27.8 Å². The number of hydrogen-bond donors (Lipinski definition) is 1. The monoisotopic (exact) mass is 345 g/mol. The Morgan fingerprint density at radius 3 is 2.85 bits per heavy atom. The van der Waals surface area contributed by atoms with Crippen LogP contribution >= 0.6 is 0 Å². The van der Waals surface area contributed by atoms with E-state index in [2.05, 4.69) is 59.3 Å². The third-order valence-electron chi connectivity index (χ3n) is 5.24. The van der Waals surface area contributed by atoms with Crippen molar-refractivity contribution in [3.05, 3.63) is 53.0 Å². The highest BCUT2D eigenvalue weighted by Gasteiger charge is 2.18. The van der Waals surface area contributed by atoms with Crippen LogP contribution in [0.25, 0.3) is 10.9 Å². The van der Waals surface area contributed by atoms with Crippen LogP contribution in [0.5, 0.6) is 0 Å². The van der Waals surface area contributed by atoms with Crippen LogP contribution in [0.1, 0.15) is 54.1 Å². The van der Waals surface area contributed by atoms with Crippen LogP contribution in [0.2, 0.25) is 0 Å². The van der Waals surface area contributed by atoms with Crippen LogP contribution < -0.4 is 5.32 Å². The van der Waals surface area contributed by atoms with Gasteiger partial charge in [-0.25, -0.2) is 0 Å². The van der Waals surface area contributed by atoms with Crippen molar-refractivity contribution in [2.45, 2.75) is 52.1 Å². The molecule has 1 aliphatic rings. The summed E-state index contributed by atoms with van der Waals surface area (Å²) in [7, 11) is 0. The number of hydrogen-bond acceptors (Lipinski definition) is 4. The maximum atomic E-state index is 9.51. The second-order valence-electron chi connectivity index (χ2n) is 7.22. The lowest BCUT2D eigenvalue weighted by Crippen LogP contribution is -2.08. The van der Waals surface area contributed by atoms with Gasteiger partial charge in [-0.3, -0.25) is 9.67 Å². The number of pyridine rings is 1. The van der Waals surface area contributed by atoms with Gasteiger partial charge >= 0.3 is 0 Å². The summed E-state index contributed by atoms with van der Waals surface area (Å²) in [6.45, 7) is 4.72. The maximum Gasteiger partial charge on any atom is 0.103 e. The van der Waals surface area contributed by atoms with Crippen molar-refractivity contribution in [2.24, 2.45) is 0 Å². The molecule has 1 N–H and O–H groups in total. The molecule has 0 saturated heterocycles. The second-order valence-corrected chi connectivity index (χ2v) is 7.22. The minimum Gasteiger partial charge on any atom is -0.378 e. The van der Waals surface area contributed by atoms with Gasteiger partial charge in [0.15, 0.2) is 0 Å². The first-order chi connectivity index (χ1) is 12.7. The second kappa shape index (κ2) is 6.80. The maximum absolute atomic E-state index is 9.51. The molecule has 2 heterocycles. The Labute approximate surface area is 153 Å². The molecule has 1 aromatic carbocycles. The summed E-state index contributed by atoms with van der Waals surface area (Å²) in [4.78, 5) is 4.48. The molecule has 1 saturated carbocycles. The minimum atomic E-state index is 0.547. The summed E-state index contributed by atoms with van der Waals surface area (Å²) in [6, 6.07) is 9.09. The van der Waals surface area contributed by atoms with Crippen molar-refractivity contribution in [1.29, 1.82) is 5.26 Å². The molecule has 5 nitrogen and oxygen atoms in total.